The fraction of sp³-hybridized carbons (Fsp3) is 0.310. The molecule has 1 aliphatic rings. The zero-order valence-electron chi connectivity index (χ0n) is 21.3. The normalized spacial score (nSPS) is 14.6. The highest BCUT2D eigenvalue weighted by molar-refractivity contribution is 7.92. The molecule has 1 aliphatic carbocycles. The Labute approximate surface area is 229 Å². The molecule has 1 atom stereocenters. The first kappa shape index (κ1) is 27.7. The van der Waals surface area contributed by atoms with Gasteiger partial charge in [-0.15, -0.1) is 0 Å². The smallest absolute Gasteiger partial charge is 0.264 e. The van der Waals surface area contributed by atoms with Crippen LogP contribution in [0.4, 0.5) is 5.69 Å². The topological polar surface area (TPSA) is 86.8 Å². The first-order chi connectivity index (χ1) is 18.3. The number of benzene rings is 3. The van der Waals surface area contributed by atoms with Gasteiger partial charge in [-0.3, -0.25) is 13.9 Å². The van der Waals surface area contributed by atoms with E-state index < -0.39 is 28.5 Å². The van der Waals surface area contributed by atoms with E-state index in [1.54, 1.807) is 43.3 Å². The molecule has 1 N–H and O–H groups in total. The Balaban J connectivity index is 1.66. The van der Waals surface area contributed by atoms with Gasteiger partial charge in [0, 0.05) is 17.6 Å². The molecule has 0 saturated heterocycles. The van der Waals surface area contributed by atoms with Crippen molar-refractivity contribution < 1.29 is 18.0 Å². The van der Waals surface area contributed by atoms with Gasteiger partial charge in [0.25, 0.3) is 10.0 Å². The molecule has 0 aliphatic heterocycles. The number of nitrogens with one attached hydrogen (secondary N) is 1. The zero-order valence-corrected chi connectivity index (χ0v) is 22.9. The van der Waals surface area contributed by atoms with Gasteiger partial charge in [0.05, 0.1) is 10.6 Å². The van der Waals surface area contributed by atoms with E-state index in [4.69, 9.17) is 11.6 Å². The molecule has 3 aromatic rings. The van der Waals surface area contributed by atoms with Crippen molar-refractivity contribution in [3.05, 3.63) is 95.5 Å². The van der Waals surface area contributed by atoms with Crippen molar-refractivity contribution in [1.82, 2.24) is 10.2 Å². The molecule has 3 aromatic carbocycles. The van der Waals surface area contributed by atoms with Gasteiger partial charge in [-0.1, -0.05) is 79.0 Å². The number of amides is 2. The number of hydrogen-bond donors (Lipinski definition) is 1. The van der Waals surface area contributed by atoms with Crippen molar-refractivity contribution in [2.45, 2.75) is 56.1 Å². The molecule has 0 heterocycles. The summed E-state index contributed by atoms with van der Waals surface area (Å²) in [6.07, 6.45) is 3.97. The Kier molecular flexibility index (Phi) is 9.07. The molecule has 0 spiro atoms. The van der Waals surface area contributed by atoms with Crippen LogP contribution < -0.4 is 9.62 Å². The Morgan fingerprint density at radius 3 is 2.21 bits per heavy atom. The molecule has 0 radical (unpaired) electrons. The van der Waals surface area contributed by atoms with Crippen LogP contribution in [0.3, 0.4) is 0 Å². The third-order valence-electron chi connectivity index (χ3n) is 6.77. The summed E-state index contributed by atoms with van der Waals surface area (Å²) in [6.45, 7) is 1.35. The Morgan fingerprint density at radius 2 is 1.58 bits per heavy atom. The van der Waals surface area contributed by atoms with Gasteiger partial charge in [0.2, 0.25) is 11.8 Å². The second-order valence-electron chi connectivity index (χ2n) is 9.48. The summed E-state index contributed by atoms with van der Waals surface area (Å²) >= 11 is 6.19. The Morgan fingerprint density at radius 1 is 0.947 bits per heavy atom. The number of carbonyl (C=O) groups excluding carboxylic acids is 2. The lowest BCUT2D eigenvalue weighted by Gasteiger charge is -2.32. The second-order valence-corrected chi connectivity index (χ2v) is 11.8. The first-order valence-electron chi connectivity index (χ1n) is 12.7. The third kappa shape index (κ3) is 6.74. The SMILES string of the molecule is C[C@H](C(=O)NC1CCCC1)N(Cc1ccccc1)C(=O)CN(c1cccc(Cl)c1)S(=O)(=O)c1ccccc1. The largest absolute Gasteiger partial charge is 0.352 e. The summed E-state index contributed by atoms with van der Waals surface area (Å²) < 4.78 is 28.5. The van der Waals surface area contributed by atoms with Gasteiger partial charge in [0.1, 0.15) is 12.6 Å². The van der Waals surface area contributed by atoms with Crippen LogP contribution in [0, 0.1) is 0 Å². The van der Waals surface area contributed by atoms with E-state index >= 15 is 0 Å². The Bertz CT molecular complexity index is 1350. The minimum absolute atomic E-state index is 0.0504. The molecule has 9 heteroatoms. The highest BCUT2D eigenvalue weighted by Crippen LogP contribution is 2.27. The van der Waals surface area contributed by atoms with E-state index in [0.717, 1.165) is 35.6 Å². The maximum Gasteiger partial charge on any atom is 0.264 e. The van der Waals surface area contributed by atoms with E-state index in [1.165, 1.54) is 23.1 Å². The molecule has 4 rings (SSSR count). The van der Waals surface area contributed by atoms with Crippen molar-refractivity contribution >= 4 is 39.1 Å². The highest BCUT2D eigenvalue weighted by Gasteiger charge is 2.33. The number of anilines is 1. The maximum atomic E-state index is 13.9. The average molecular weight is 554 g/mol. The molecule has 0 aromatic heterocycles. The van der Waals surface area contributed by atoms with Crippen LogP contribution >= 0.6 is 11.6 Å². The molecular weight excluding hydrogens is 522 g/mol. The van der Waals surface area contributed by atoms with Crippen molar-refractivity contribution in [2.24, 2.45) is 0 Å². The number of carbonyl (C=O) groups is 2. The van der Waals surface area contributed by atoms with Crippen LogP contribution in [0.15, 0.2) is 89.8 Å². The van der Waals surface area contributed by atoms with Crippen molar-refractivity contribution in [3.8, 4) is 0 Å². The van der Waals surface area contributed by atoms with Gasteiger partial charge in [-0.05, 0) is 55.7 Å². The molecule has 1 saturated carbocycles. The number of hydrogen-bond acceptors (Lipinski definition) is 4. The van der Waals surface area contributed by atoms with Gasteiger partial charge in [-0.25, -0.2) is 8.42 Å². The highest BCUT2D eigenvalue weighted by atomic mass is 35.5. The summed E-state index contributed by atoms with van der Waals surface area (Å²) in [5, 5.41) is 3.41. The molecular formula is C29H32ClN3O4S. The number of nitrogens with zero attached hydrogens (tertiary/aromatic N) is 2. The van der Waals surface area contributed by atoms with Crippen LogP contribution in [-0.2, 0) is 26.2 Å². The van der Waals surface area contributed by atoms with Gasteiger partial charge in [-0.2, -0.15) is 0 Å². The first-order valence-corrected chi connectivity index (χ1v) is 14.5. The van der Waals surface area contributed by atoms with E-state index in [9.17, 15) is 18.0 Å². The summed E-state index contributed by atoms with van der Waals surface area (Å²) in [7, 11) is -4.11. The Hall–Kier alpha value is -3.36. The van der Waals surface area contributed by atoms with Crippen LogP contribution in [0.1, 0.15) is 38.2 Å². The number of halogens is 1. The monoisotopic (exact) mass is 553 g/mol. The lowest BCUT2D eigenvalue weighted by Crippen LogP contribution is -2.52. The lowest BCUT2D eigenvalue weighted by molar-refractivity contribution is -0.139. The van der Waals surface area contributed by atoms with Gasteiger partial charge >= 0.3 is 0 Å². The van der Waals surface area contributed by atoms with Crippen molar-refractivity contribution in [1.29, 1.82) is 0 Å². The molecule has 1 fully saturated rings. The maximum absolute atomic E-state index is 13.9. The molecule has 200 valence electrons. The fourth-order valence-corrected chi connectivity index (χ4v) is 6.25. The van der Waals surface area contributed by atoms with Gasteiger partial charge < -0.3 is 10.2 Å². The van der Waals surface area contributed by atoms with E-state index in [-0.39, 0.29) is 29.1 Å². The van der Waals surface area contributed by atoms with Crippen molar-refractivity contribution in [2.75, 3.05) is 10.8 Å². The average Bonchev–Trinajstić information content (AvgIpc) is 3.44. The number of sulfonamides is 1. The quantitative estimate of drug-likeness (QED) is 0.382. The van der Waals surface area contributed by atoms with Crippen LogP contribution in [-0.4, -0.2) is 43.8 Å². The van der Waals surface area contributed by atoms with E-state index in [2.05, 4.69) is 5.32 Å². The minimum Gasteiger partial charge on any atom is -0.352 e. The predicted molar refractivity (Wildman–Crippen MR) is 149 cm³/mol. The van der Waals surface area contributed by atoms with Gasteiger partial charge in [0.15, 0.2) is 0 Å². The lowest BCUT2D eigenvalue weighted by atomic mass is 10.1. The summed E-state index contributed by atoms with van der Waals surface area (Å²) in [5.41, 5.74) is 1.10. The van der Waals surface area contributed by atoms with Crippen LogP contribution in [0.2, 0.25) is 5.02 Å². The standard InChI is InChI=1S/C29H32ClN3O4S/c1-22(29(35)31-25-14-8-9-15-25)32(20-23-11-4-2-5-12-23)28(34)21-33(26-16-10-13-24(30)19-26)38(36,37)27-17-6-3-7-18-27/h2-7,10-13,16-19,22,25H,8-9,14-15,20-21H2,1H3,(H,31,35)/t22-/m1/s1. The minimum atomic E-state index is -4.11. The summed E-state index contributed by atoms with van der Waals surface area (Å²) in [4.78, 5) is 28.6. The summed E-state index contributed by atoms with van der Waals surface area (Å²) in [6, 6.07) is 22.9. The van der Waals surface area contributed by atoms with Crippen molar-refractivity contribution in [3.63, 3.8) is 0 Å². The predicted octanol–water partition coefficient (Wildman–Crippen LogP) is 5.01. The molecule has 38 heavy (non-hydrogen) atoms. The number of rotatable bonds is 10. The second kappa shape index (κ2) is 12.5. The molecule has 0 unspecified atom stereocenters. The van der Waals surface area contributed by atoms with Crippen LogP contribution in [0.5, 0.6) is 0 Å². The van der Waals surface area contributed by atoms with E-state index in [0.29, 0.717) is 5.02 Å². The van der Waals surface area contributed by atoms with E-state index in [1.807, 2.05) is 30.3 Å². The molecule has 7 nitrogen and oxygen atoms in total. The summed E-state index contributed by atoms with van der Waals surface area (Å²) in [5.74, 6) is -0.746. The third-order valence-corrected chi connectivity index (χ3v) is 8.79. The fourth-order valence-electron chi connectivity index (χ4n) is 4.63. The zero-order chi connectivity index (χ0) is 27.1. The molecule has 0 bridgehead atoms. The molecule has 2 amide bonds. The van der Waals surface area contributed by atoms with Crippen LogP contribution in [0.25, 0.3) is 0 Å².